The standard InChI is InChI=1S/C12H15BrN2O3/c1-15(11(16)10(14)12(17)18)6-5-8-3-2-4-9(13)7-8/h2-4,7,10H,5-6,14H2,1H3,(H,17,18). The summed E-state index contributed by atoms with van der Waals surface area (Å²) < 4.78 is 0.969. The number of carbonyl (C=O) groups is 2. The summed E-state index contributed by atoms with van der Waals surface area (Å²) in [5, 5.41) is 8.64. The summed E-state index contributed by atoms with van der Waals surface area (Å²) in [6, 6.07) is 6.23. The maximum absolute atomic E-state index is 11.6. The molecular weight excluding hydrogens is 300 g/mol. The predicted octanol–water partition coefficient (Wildman–Crippen LogP) is 0.862. The second kappa shape index (κ2) is 6.51. The molecule has 6 heteroatoms. The van der Waals surface area contributed by atoms with E-state index in [1.165, 1.54) is 4.90 Å². The highest BCUT2D eigenvalue weighted by Crippen LogP contribution is 2.12. The Morgan fingerprint density at radius 3 is 2.72 bits per heavy atom. The Labute approximate surface area is 114 Å². The second-order valence-electron chi connectivity index (χ2n) is 3.96. The summed E-state index contributed by atoms with van der Waals surface area (Å²) in [6.45, 7) is 0.427. The molecule has 0 aliphatic rings. The molecule has 0 saturated carbocycles. The molecule has 0 bridgehead atoms. The maximum atomic E-state index is 11.6. The fraction of sp³-hybridized carbons (Fsp3) is 0.333. The summed E-state index contributed by atoms with van der Waals surface area (Å²) in [7, 11) is 1.54. The molecule has 1 amide bonds. The molecule has 0 fully saturated rings. The van der Waals surface area contributed by atoms with Crippen LogP contribution in [-0.4, -0.2) is 41.5 Å². The van der Waals surface area contributed by atoms with Gasteiger partial charge in [-0.3, -0.25) is 4.79 Å². The Balaban J connectivity index is 2.53. The summed E-state index contributed by atoms with van der Waals surface area (Å²) in [4.78, 5) is 23.5. The van der Waals surface area contributed by atoms with Crippen LogP contribution in [0.2, 0.25) is 0 Å². The highest BCUT2D eigenvalue weighted by molar-refractivity contribution is 9.10. The van der Waals surface area contributed by atoms with E-state index < -0.39 is 17.9 Å². The van der Waals surface area contributed by atoms with Crippen LogP contribution in [0.15, 0.2) is 28.7 Å². The molecule has 18 heavy (non-hydrogen) atoms. The molecule has 0 aliphatic heterocycles. The summed E-state index contributed by atoms with van der Waals surface area (Å²) in [5.41, 5.74) is 6.32. The number of aliphatic carboxylic acids is 1. The molecule has 0 aromatic heterocycles. The molecule has 1 aromatic carbocycles. The molecule has 98 valence electrons. The highest BCUT2D eigenvalue weighted by atomic mass is 79.9. The number of hydrogen-bond acceptors (Lipinski definition) is 3. The first-order valence-electron chi connectivity index (χ1n) is 5.39. The smallest absolute Gasteiger partial charge is 0.330 e. The van der Waals surface area contributed by atoms with E-state index in [-0.39, 0.29) is 0 Å². The van der Waals surface area contributed by atoms with Gasteiger partial charge in [0.1, 0.15) is 0 Å². The van der Waals surface area contributed by atoms with Crippen molar-refractivity contribution in [2.45, 2.75) is 12.5 Å². The van der Waals surface area contributed by atoms with E-state index in [2.05, 4.69) is 15.9 Å². The van der Waals surface area contributed by atoms with Gasteiger partial charge in [0.2, 0.25) is 0 Å². The van der Waals surface area contributed by atoms with Crippen LogP contribution < -0.4 is 5.73 Å². The van der Waals surface area contributed by atoms with E-state index in [1.807, 2.05) is 24.3 Å². The van der Waals surface area contributed by atoms with Crippen molar-refractivity contribution in [1.82, 2.24) is 4.90 Å². The van der Waals surface area contributed by atoms with E-state index in [1.54, 1.807) is 7.05 Å². The molecule has 1 aromatic rings. The molecule has 0 radical (unpaired) electrons. The summed E-state index contributed by atoms with van der Waals surface area (Å²) in [5.74, 6) is -1.90. The lowest BCUT2D eigenvalue weighted by molar-refractivity contribution is -0.145. The van der Waals surface area contributed by atoms with E-state index in [9.17, 15) is 9.59 Å². The van der Waals surface area contributed by atoms with Gasteiger partial charge in [-0.05, 0) is 24.1 Å². The topological polar surface area (TPSA) is 83.6 Å². The lowest BCUT2D eigenvalue weighted by Crippen LogP contribution is -2.47. The fourth-order valence-electron chi connectivity index (χ4n) is 1.44. The fourth-order valence-corrected chi connectivity index (χ4v) is 1.89. The number of hydrogen-bond donors (Lipinski definition) is 2. The van der Waals surface area contributed by atoms with Gasteiger partial charge in [-0.25, -0.2) is 4.79 Å². The monoisotopic (exact) mass is 314 g/mol. The van der Waals surface area contributed by atoms with Gasteiger partial charge in [0, 0.05) is 18.1 Å². The van der Waals surface area contributed by atoms with Gasteiger partial charge in [-0.2, -0.15) is 0 Å². The number of nitrogens with two attached hydrogens (primary N) is 1. The lowest BCUT2D eigenvalue weighted by atomic mass is 10.1. The Hall–Kier alpha value is -1.40. The van der Waals surface area contributed by atoms with Crippen molar-refractivity contribution < 1.29 is 14.7 Å². The zero-order valence-electron chi connectivity index (χ0n) is 9.97. The maximum Gasteiger partial charge on any atom is 0.330 e. The van der Waals surface area contributed by atoms with Crippen LogP contribution in [0.4, 0.5) is 0 Å². The first-order chi connectivity index (χ1) is 8.41. The number of amides is 1. The van der Waals surface area contributed by atoms with Crippen LogP contribution in [-0.2, 0) is 16.0 Å². The van der Waals surface area contributed by atoms with Crippen LogP contribution in [0.1, 0.15) is 5.56 Å². The number of likely N-dealkylation sites (N-methyl/N-ethyl adjacent to an activating group) is 1. The van der Waals surface area contributed by atoms with Crippen molar-refractivity contribution in [2.75, 3.05) is 13.6 Å². The van der Waals surface area contributed by atoms with Crippen LogP contribution in [0.5, 0.6) is 0 Å². The SMILES string of the molecule is CN(CCc1cccc(Br)c1)C(=O)C(N)C(=O)O. The number of carboxylic acid groups (broad SMARTS) is 1. The van der Waals surface area contributed by atoms with Gasteiger partial charge in [-0.1, -0.05) is 28.1 Å². The largest absolute Gasteiger partial charge is 0.480 e. The van der Waals surface area contributed by atoms with E-state index in [0.29, 0.717) is 13.0 Å². The second-order valence-corrected chi connectivity index (χ2v) is 4.87. The minimum Gasteiger partial charge on any atom is -0.480 e. The normalized spacial score (nSPS) is 11.9. The van der Waals surface area contributed by atoms with Gasteiger partial charge in [-0.15, -0.1) is 0 Å². The quantitative estimate of drug-likeness (QED) is 0.790. The van der Waals surface area contributed by atoms with E-state index >= 15 is 0 Å². The van der Waals surface area contributed by atoms with Crippen LogP contribution in [0, 0.1) is 0 Å². The first-order valence-corrected chi connectivity index (χ1v) is 6.19. The summed E-state index contributed by atoms with van der Waals surface area (Å²) in [6.07, 6.45) is 0.647. The first kappa shape index (κ1) is 14.7. The lowest BCUT2D eigenvalue weighted by Gasteiger charge is -2.19. The van der Waals surface area contributed by atoms with Crippen molar-refractivity contribution in [3.63, 3.8) is 0 Å². The van der Waals surface area contributed by atoms with Gasteiger partial charge in [0.15, 0.2) is 6.04 Å². The number of nitrogens with zero attached hydrogens (tertiary/aromatic N) is 1. The van der Waals surface area contributed by atoms with Crippen LogP contribution in [0.3, 0.4) is 0 Å². The van der Waals surface area contributed by atoms with Crippen LogP contribution in [0.25, 0.3) is 0 Å². The molecule has 0 aliphatic carbocycles. The van der Waals surface area contributed by atoms with Gasteiger partial charge in [0.25, 0.3) is 5.91 Å². The van der Waals surface area contributed by atoms with Crippen molar-refractivity contribution in [3.05, 3.63) is 34.3 Å². The number of halogens is 1. The number of rotatable bonds is 5. The van der Waals surface area contributed by atoms with E-state index in [4.69, 9.17) is 10.8 Å². The van der Waals surface area contributed by atoms with Crippen molar-refractivity contribution in [1.29, 1.82) is 0 Å². The van der Waals surface area contributed by atoms with Crippen LogP contribution >= 0.6 is 15.9 Å². The zero-order valence-corrected chi connectivity index (χ0v) is 11.6. The zero-order chi connectivity index (χ0) is 13.7. The number of carboxylic acids is 1. The minimum absolute atomic E-state index is 0.427. The number of benzene rings is 1. The molecule has 3 N–H and O–H groups in total. The van der Waals surface area contributed by atoms with Gasteiger partial charge in [0.05, 0.1) is 0 Å². The molecule has 1 unspecified atom stereocenters. The summed E-state index contributed by atoms with van der Waals surface area (Å²) >= 11 is 3.36. The Bertz CT molecular complexity index is 451. The molecular formula is C12H15BrN2O3. The Morgan fingerprint density at radius 1 is 1.50 bits per heavy atom. The third-order valence-corrected chi connectivity index (χ3v) is 3.03. The van der Waals surface area contributed by atoms with Crippen molar-refractivity contribution >= 4 is 27.8 Å². The minimum atomic E-state index is -1.49. The third-order valence-electron chi connectivity index (χ3n) is 2.53. The molecule has 0 saturated heterocycles. The number of carbonyl (C=O) groups excluding carboxylic acids is 1. The average molecular weight is 315 g/mol. The molecule has 5 nitrogen and oxygen atoms in total. The van der Waals surface area contributed by atoms with Crippen molar-refractivity contribution in [3.8, 4) is 0 Å². The predicted molar refractivity (Wildman–Crippen MR) is 71.1 cm³/mol. The average Bonchev–Trinajstić information content (AvgIpc) is 2.34. The van der Waals surface area contributed by atoms with Gasteiger partial charge >= 0.3 is 5.97 Å². The Morgan fingerprint density at radius 2 is 2.17 bits per heavy atom. The molecule has 1 atom stereocenters. The highest BCUT2D eigenvalue weighted by Gasteiger charge is 2.24. The molecule has 0 spiro atoms. The van der Waals surface area contributed by atoms with Crippen molar-refractivity contribution in [2.24, 2.45) is 5.73 Å². The molecule has 0 heterocycles. The third kappa shape index (κ3) is 4.12. The molecule has 1 rings (SSSR count). The van der Waals surface area contributed by atoms with Gasteiger partial charge < -0.3 is 15.7 Å². The van der Waals surface area contributed by atoms with E-state index in [0.717, 1.165) is 10.0 Å². The Kier molecular flexibility index (Phi) is 5.30.